The minimum atomic E-state index is -0.340. The van der Waals surface area contributed by atoms with Gasteiger partial charge in [0.15, 0.2) is 11.7 Å². The number of thiazole rings is 1. The molecule has 0 radical (unpaired) electrons. The summed E-state index contributed by atoms with van der Waals surface area (Å²) < 4.78 is 21.5. The van der Waals surface area contributed by atoms with E-state index in [1.165, 1.54) is 23.5 Å². The molecule has 0 aliphatic carbocycles. The highest BCUT2D eigenvalue weighted by atomic mass is 35.5. The van der Waals surface area contributed by atoms with Crippen LogP contribution in [0.2, 0.25) is 5.02 Å². The second kappa shape index (κ2) is 8.59. The first-order valence-electron chi connectivity index (χ1n) is 8.81. The van der Waals surface area contributed by atoms with Crippen LogP contribution in [-0.2, 0) is 11.3 Å². The third kappa shape index (κ3) is 4.72. The molecule has 148 valence electrons. The third-order valence-corrected chi connectivity index (χ3v) is 5.45. The Bertz CT molecular complexity index is 1120. The number of rotatable bonds is 7. The highest BCUT2D eigenvalue weighted by molar-refractivity contribution is 7.22. The number of hydrogen-bond donors (Lipinski definition) is 0. The molecule has 1 amide bonds. The van der Waals surface area contributed by atoms with E-state index in [-0.39, 0.29) is 18.3 Å². The number of halogens is 2. The minimum absolute atomic E-state index is 0.162. The number of aromatic nitrogens is 3. The van der Waals surface area contributed by atoms with Gasteiger partial charge < -0.3 is 4.74 Å². The summed E-state index contributed by atoms with van der Waals surface area (Å²) in [6, 6.07) is 13.0. The number of amides is 1. The van der Waals surface area contributed by atoms with Crippen molar-refractivity contribution in [3.63, 3.8) is 0 Å². The topological polar surface area (TPSA) is 60.2 Å². The monoisotopic (exact) mass is 430 g/mol. The predicted molar refractivity (Wildman–Crippen MR) is 111 cm³/mol. The van der Waals surface area contributed by atoms with Gasteiger partial charge in [-0.25, -0.2) is 9.37 Å². The van der Waals surface area contributed by atoms with Crippen LogP contribution in [0.1, 0.15) is 0 Å². The molecule has 0 saturated carbocycles. The van der Waals surface area contributed by atoms with Crippen molar-refractivity contribution in [1.82, 2.24) is 14.8 Å². The molecule has 2 aromatic carbocycles. The van der Waals surface area contributed by atoms with Gasteiger partial charge in [-0.2, -0.15) is 5.10 Å². The molecule has 4 aromatic rings. The van der Waals surface area contributed by atoms with Crippen LogP contribution in [0.5, 0.6) is 5.75 Å². The molecule has 0 aliphatic heterocycles. The van der Waals surface area contributed by atoms with Crippen molar-refractivity contribution in [1.29, 1.82) is 0 Å². The maximum absolute atomic E-state index is 13.5. The molecule has 2 aromatic heterocycles. The quantitative estimate of drug-likeness (QED) is 0.436. The predicted octanol–water partition coefficient (Wildman–Crippen LogP) is 4.40. The summed E-state index contributed by atoms with van der Waals surface area (Å²) in [4.78, 5) is 19.0. The summed E-state index contributed by atoms with van der Waals surface area (Å²) in [5.41, 5.74) is 0.641. The maximum atomic E-state index is 13.5. The van der Waals surface area contributed by atoms with Gasteiger partial charge in [0, 0.05) is 24.0 Å². The molecule has 0 saturated heterocycles. The lowest BCUT2D eigenvalue weighted by Crippen LogP contribution is -2.37. The number of fused-ring (bicyclic) bond motifs is 1. The standard InChI is InChI=1S/C20H16ClFN4O2S/c21-14-2-5-16(6-3-14)28-13-19(27)26(11-10-25-9-1-8-23-25)20-24-17-7-4-15(22)12-18(17)29-20/h1-9,12H,10-11,13H2. The Kier molecular flexibility index (Phi) is 5.73. The zero-order valence-electron chi connectivity index (χ0n) is 15.2. The largest absolute Gasteiger partial charge is 0.484 e. The van der Waals surface area contributed by atoms with Crippen molar-refractivity contribution in [2.75, 3.05) is 18.1 Å². The fraction of sp³-hybridized carbons (Fsp3) is 0.150. The van der Waals surface area contributed by atoms with Crippen molar-refractivity contribution >= 4 is 44.2 Å². The number of nitrogens with zero attached hydrogens (tertiary/aromatic N) is 4. The molecule has 0 unspecified atom stereocenters. The van der Waals surface area contributed by atoms with Crippen LogP contribution < -0.4 is 9.64 Å². The first kappa shape index (κ1) is 19.4. The number of anilines is 1. The molecule has 29 heavy (non-hydrogen) atoms. The summed E-state index contributed by atoms with van der Waals surface area (Å²) in [5.74, 6) is -0.0547. The summed E-state index contributed by atoms with van der Waals surface area (Å²) in [7, 11) is 0. The Labute approximate surface area is 175 Å². The van der Waals surface area contributed by atoms with E-state index in [4.69, 9.17) is 16.3 Å². The lowest BCUT2D eigenvalue weighted by molar-refractivity contribution is -0.120. The van der Waals surface area contributed by atoms with E-state index in [9.17, 15) is 9.18 Å². The van der Waals surface area contributed by atoms with E-state index in [1.807, 2.05) is 12.3 Å². The van der Waals surface area contributed by atoms with Crippen LogP contribution in [0.15, 0.2) is 60.9 Å². The van der Waals surface area contributed by atoms with E-state index in [0.717, 1.165) is 0 Å². The number of hydrogen-bond acceptors (Lipinski definition) is 5. The fourth-order valence-electron chi connectivity index (χ4n) is 2.72. The first-order valence-corrected chi connectivity index (χ1v) is 10.0. The van der Waals surface area contributed by atoms with Gasteiger partial charge in [0.05, 0.1) is 16.8 Å². The highest BCUT2D eigenvalue weighted by Gasteiger charge is 2.20. The van der Waals surface area contributed by atoms with Crippen LogP contribution >= 0.6 is 22.9 Å². The molecule has 0 bridgehead atoms. The van der Waals surface area contributed by atoms with Gasteiger partial charge in [-0.15, -0.1) is 0 Å². The van der Waals surface area contributed by atoms with E-state index in [0.29, 0.717) is 39.2 Å². The lowest BCUT2D eigenvalue weighted by atomic mass is 10.3. The Morgan fingerprint density at radius 2 is 2.07 bits per heavy atom. The van der Waals surface area contributed by atoms with Gasteiger partial charge in [0.25, 0.3) is 5.91 Å². The van der Waals surface area contributed by atoms with Gasteiger partial charge in [0.1, 0.15) is 11.6 Å². The van der Waals surface area contributed by atoms with Gasteiger partial charge in [-0.05, 0) is 48.5 Å². The van der Waals surface area contributed by atoms with Gasteiger partial charge in [-0.3, -0.25) is 14.4 Å². The minimum Gasteiger partial charge on any atom is -0.484 e. The average molecular weight is 431 g/mol. The normalized spacial score (nSPS) is 11.0. The smallest absolute Gasteiger partial charge is 0.266 e. The zero-order chi connectivity index (χ0) is 20.2. The molecule has 0 atom stereocenters. The van der Waals surface area contributed by atoms with Gasteiger partial charge in [-0.1, -0.05) is 22.9 Å². The molecule has 0 aliphatic rings. The van der Waals surface area contributed by atoms with Crippen molar-refractivity contribution in [2.45, 2.75) is 6.54 Å². The zero-order valence-corrected chi connectivity index (χ0v) is 16.7. The molecule has 0 N–H and O–H groups in total. The number of ether oxygens (including phenoxy) is 1. The number of carbonyl (C=O) groups excluding carboxylic acids is 1. The molecular formula is C20H16ClFN4O2S. The van der Waals surface area contributed by atoms with Crippen LogP contribution in [0, 0.1) is 5.82 Å². The van der Waals surface area contributed by atoms with Crippen LogP contribution in [-0.4, -0.2) is 33.8 Å². The Morgan fingerprint density at radius 1 is 1.24 bits per heavy atom. The maximum Gasteiger partial charge on any atom is 0.266 e. The molecule has 2 heterocycles. The average Bonchev–Trinajstić information content (AvgIpc) is 3.37. The van der Waals surface area contributed by atoms with E-state index < -0.39 is 0 Å². The van der Waals surface area contributed by atoms with Crippen molar-refractivity contribution in [3.05, 3.63) is 71.8 Å². The van der Waals surface area contributed by atoms with E-state index >= 15 is 0 Å². The summed E-state index contributed by atoms with van der Waals surface area (Å²) in [6.07, 6.45) is 3.50. The Morgan fingerprint density at radius 3 is 2.83 bits per heavy atom. The van der Waals surface area contributed by atoms with Crippen LogP contribution in [0.3, 0.4) is 0 Å². The summed E-state index contributed by atoms with van der Waals surface area (Å²) in [6.45, 7) is 0.682. The van der Waals surface area contributed by atoms with Gasteiger partial charge in [0.2, 0.25) is 0 Å². The number of benzene rings is 2. The van der Waals surface area contributed by atoms with Crippen LogP contribution in [0.25, 0.3) is 10.2 Å². The van der Waals surface area contributed by atoms with Crippen molar-refractivity contribution in [3.8, 4) is 5.75 Å². The molecule has 0 spiro atoms. The SMILES string of the molecule is O=C(COc1ccc(Cl)cc1)N(CCn1cccn1)c1nc2ccc(F)cc2s1. The van der Waals surface area contributed by atoms with Crippen molar-refractivity contribution in [2.24, 2.45) is 0 Å². The van der Waals surface area contributed by atoms with Gasteiger partial charge >= 0.3 is 0 Å². The summed E-state index contributed by atoms with van der Waals surface area (Å²) in [5, 5.41) is 5.24. The highest BCUT2D eigenvalue weighted by Crippen LogP contribution is 2.29. The molecule has 9 heteroatoms. The fourth-order valence-corrected chi connectivity index (χ4v) is 3.88. The molecule has 6 nitrogen and oxygen atoms in total. The third-order valence-electron chi connectivity index (χ3n) is 4.16. The molecular weight excluding hydrogens is 415 g/mol. The second-order valence-electron chi connectivity index (χ2n) is 6.17. The Hall–Kier alpha value is -2.97. The van der Waals surface area contributed by atoms with Crippen molar-refractivity contribution < 1.29 is 13.9 Å². The van der Waals surface area contributed by atoms with E-state index in [2.05, 4.69) is 10.1 Å². The lowest BCUT2D eigenvalue weighted by Gasteiger charge is -2.20. The second-order valence-corrected chi connectivity index (χ2v) is 7.61. The number of carbonyl (C=O) groups is 1. The van der Waals surface area contributed by atoms with Crippen LogP contribution in [0.4, 0.5) is 9.52 Å². The summed E-state index contributed by atoms with van der Waals surface area (Å²) >= 11 is 7.13. The molecule has 0 fully saturated rings. The first-order chi connectivity index (χ1) is 14.1. The Balaban J connectivity index is 1.54. The molecule has 4 rings (SSSR count). The van der Waals surface area contributed by atoms with E-state index in [1.54, 1.807) is 46.1 Å².